The molecule has 1 aliphatic rings. The molecule has 0 radical (unpaired) electrons. The Bertz CT molecular complexity index is 596. The molecule has 1 N–H and O–H groups in total. The molecule has 1 aromatic rings. The molecule has 0 saturated heterocycles. The van der Waals surface area contributed by atoms with E-state index < -0.39 is 21.9 Å². The molecule has 0 aromatic heterocycles. The van der Waals surface area contributed by atoms with Crippen molar-refractivity contribution in [2.45, 2.75) is 25.8 Å². The molecule has 4 nitrogen and oxygen atoms in total. The molecule has 0 amide bonds. The average Bonchev–Trinajstić information content (AvgIpc) is 3.21. The van der Waals surface area contributed by atoms with Gasteiger partial charge in [0.25, 0.3) is 0 Å². The van der Waals surface area contributed by atoms with Gasteiger partial charge in [0.2, 0.25) is 10.0 Å². The molecule has 6 heteroatoms. The lowest BCUT2D eigenvalue weighted by Gasteiger charge is -2.15. The van der Waals surface area contributed by atoms with Crippen molar-refractivity contribution in [3.8, 4) is 5.75 Å². The van der Waals surface area contributed by atoms with Gasteiger partial charge in [-0.05, 0) is 43.4 Å². The van der Waals surface area contributed by atoms with Crippen LogP contribution in [0.5, 0.6) is 5.75 Å². The van der Waals surface area contributed by atoms with Crippen LogP contribution >= 0.6 is 0 Å². The van der Waals surface area contributed by atoms with Gasteiger partial charge in [0.05, 0.1) is 6.61 Å². The van der Waals surface area contributed by atoms with E-state index in [0.29, 0.717) is 18.1 Å². The van der Waals surface area contributed by atoms with Gasteiger partial charge in [0.15, 0.2) is 11.6 Å². The highest BCUT2D eigenvalue weighted by Crippen LogP contribution is 2.31. The first-order valence-corrected chi connectivity index (χ1v) is 8.03. The lowest BCUT2D eigenvalue weighted by Crippen LogP contribution is -2.24. The fraction of sp³-hybridized carbons (Fsp3) is 0.429. The number of hydrogen-bond donors (Lipinski definition) is 1. The maximum atomic E-state index is 13.6. The molecule has 20 heavy (non-hydrogen) atoms. The number of sulfonamides is 1. The Hall–Kier alpha value is -1.40. The summed E-state index contributed by atoms with van der Waals surface area (Å²) in [6, 6.07) is 3.88. The van der Waals surface area contributed by atoms with Gasteiger partial charge in [-0.3, -0.25) is 0 Å². The Morgan fingerprint density at radius 2 is 2.25 bits per heavy atom. The molecule has 1 unspecified atom stereocenters. The van der Waals surface area contributed by atoms with Crippen LogP contribution in [0.2, 0.25) is 0 Å². The molecule has 0 spiro atoms. The standard InChI is InChI=1S/C14H18FNO3S/c1-3-20(17,18)16-10(2)12-6-7-13(15)14(8-12)19-9-11-4-5-11/h3,6-8,10-11,16H,1,4-5,9H2,2H3. The van der Waals surface area contributed by atoms with Crippen molar-refractivity contribution in [2.24, 2.45) is 5.92 Å². The normalized spacial score (nSPS) is 16.7. The number of hydrogen-bond acceptors (Lipinski definition) is 3. The molecule has 0 aliphatic heterocycles. The molecular weight excluding hydrogens is 281 g/mol. The first-order chi connectivity index (χ1) is 9.41. The molecule has 1 saturated carbocycles. The molecular formula is C14H18FNO3S. The van der Waals surface area contributed by atoms with E-state index in [9.17, 15) is 12.8 Å². The number of benzene rings is 1. The van der Waals surface area contributed by atoms with E-state index in [-0.39, 0.29) is 5.75 Å². The summed E-state index contributed by atoms with van der Waals surface area (Å²) in [5, 5.41) is 0.845. The first kappa shape index (κ1) is 15.0. The fourth-order valence-corrected chi connectivity index (χ4v) is 2.48. The van der Waals surface area contributed by atoms with Crippen LogP contribution in [0.4, 0.5) is 4.39 Å². The fourth-order valence-electron chi connectivity index (χ4n) is 1.75. The zero-order valence-electron chi connectivity index (χ0n) is 11.3. The molecule has 2 rings (SSSR count). The Morgan fingerprint density at radius 3 is 2.85 bits per heavy atom. The summed E-state index contributed by atoms with van der Waals surface area (Å²) < 4.78 is 44.3. The van der Waals surface area contributed by atoms with E-state index in [0.717, 1.165) is 18.2 Å². The largest absolute Gasteiger partial charge is 0.490 e. The van der Waals surface area contributed by atoms with E-state index in [1.807, 2.05) is 0 Å². The van der Waals surface area contributed by atoms with Crippen LogP contribution in [0.3, 0.4) is 0 Å². The SMILES string of the molecule is C=CS(=O)(=O)NC(C)c1ccc(F)c(OCC2CC2)c1. The van der Waals surface area contributed by atoms with E-state index in [2.05, 4.69) is 11.3 Å². The minimum absolute atomic E-state index is 0.166. The number of rotatable bonds is 7. The molecule has 110 valence electrons. The highest BCUT2D eigenvalue weighted by Gasteiger charge is 2.23. The van der Waals surface area contributed by atoms with Crippen LogP contribution < -0.4 is 9.46 Å². The summed E-state index contributed by atoms with van der Waals surface area (Å²) in [4.78, 5) is 0. The van der Waals surface area contributed by atoms with E-state index in [1.165, 1.54) is 18.2 Å². The Morgan fingerprint density at radius 1 is 1.55 bits per heavy atom. The molecule has 1 aliphatic carbocycles. The van der Waals surface area contributed by atoms with Crippen molar-refractivity contribution in [3.05, 3.63) is 41.6 Å². The number of ether oxygens (including phenoxy) is 1. The maximum Gasteiger partial charge on any atom is 0.233 e. The lowest BCUT2D eigenvalue weighted by atomic mass is 10.1. The zero-order chi connectivity index (χ0) is 14.8. The maximum absolute atomic E-state index is 13.6. The quantitative estimate of drug-likeness (QED) is 0.842. The summed E-state index contributed by atoms with van der Waals surface area (Å²) >= 11 is 0. The van der Waals surface area contributed by atoms with Crippen molar-refractivity contribution in [3.63, 3.8) is 0 Å². The molecule has 0 bridgehead atoms. The second kappa shape index (κ2) is 5.93. The van der Waals surface area contributed by atoms with E-state index >= 15 is 0 Å². The summed E-state index contributed by atoms with van der Waals surface area (Å²) in [5.74, 6) is 0.252. The molecule has 1 atom stereocenters. The highest BCUT2D eigenvalue weighted by atomic mass is 32.2. The third-order valence-corrected chi connectivity index (χ3v) is 4.31. The predicted octanol–water partition coefficient (Wildman–Crippen LogP) is 2.74. The minimum atomic E-state index is -3.53. The van der Waals surface area contributed by atoms with Crippen LogP contribution in [-0.4, -0.2) is 15.0 Å². The summed E-state index contributed by atoms with van der Waals surface area (Å²) in [6.45, 7) is 5.42. The Kier molecular flexibility index (Phi) is 4.45. The Labute approximate surface area is 118 Å². The predicted molar refractivity (Wildman–Crippen MR) is 75.3 cm³/mol. The van der Waals surface area contributed by atoms with Crippen LogP contribution in [0.25, 0.3) is 0 Å². The summed E-state index contributed by atoms with van der Waals surface area (Å²) in [5.41, 5.74) is 0.641. The first-order valence-electron chi connectivity index (χ1n) is 6.48. The summed E-state index contributed by atoms with van der Waals surface area (Å²) in [7, 11) is -3.53. The van der Waals surface area contributed by atoms with Crippen LogP contribution in [-0.2, 0) is 10.0 Å². The third kappa shape index (κ3) is 4.05. The number of halogens is 1. The summed E-state index contributed by atoms with van der Waals surface area (Å²) in [6.07, 6.45) is 2.24. The van der Waals surface area contributed by atoms with Gasteiger partial charge in [0.1, 0.15) is 0 Å². The van der Waals surface area contributed by atoms with Gasteiger partial charge >= 0.3 is 0 Å². The lowest BCUT2D eigenvalue weighted by molar-refractivity contribution is 0.285. The highest BCUT2D eigenvalue weighted by molar-refractivity contribution is 7.92. The smallest absolute Gasteiger partial charge is 0.233 e. The van der Waals surface area contributed by atoms with E-state index in [1.54, 1.807) is 6.92 Å². The van der Waals surface area contributed by atoms with Gasteiger partial charge in [0, 0.05) is 11.4 Å². The topological polar surface area (TPSA) is 55.4 Å². The van der Waals surface area contributed by atoms with Crippen molar-refractivity contribution in [1.82, 2.24) is 4.72 Å². The van der Waals surface area contributed by atoms with Crippen LogP contribution in [0, 0.1) is 11.7 Å². The Balaban J connectivity index is 2.10. The minimum Gasteiger partial charge on any atom is -0.490 e. The second-order valence-electron chi connectivity index (χ2n) is 5.00. The van der Waals surface area contributed by atoms with Gasteiger partial charge < -0.3 is 4.74 Å². The van der Waals surface area contributed by atoms with Crippen molar-refractivity contribution >= 4 is 10.0 Å². The van der Waals surface area contributed by atoms with Crippen molar-refractivity contribution < 1.29 is 17.5 Å². The van der Waals surface area contributed by atoms with Gasteiger partial charge in [-0.2, -0.15) is 0 Å². The van der Waals surface area contributed by atoms with Gasteiger partial charge in [-0.1, -0.05) is 12.6 Å². The van der Waals surface area contributed by atoms with Gasteiger partial charge in [-0.25, -0.2) is 17.5 Å². The molecule has 0 heterocycles. The zero-order valence-corrected chi connectivity index (χ0v) is 12.1. The van der Waals surface area contributed by atoms with Crippen LogP contribution in [0.15, 0.2) is 30.2 Å². The average molecular weight is 299 g/mol. The van der Waals surface area contributed by atoms with E-state index in [4.69, 9.17) is 4.74 Å². The molecule has 1 fully saturated rings. The second-order valence-corrected chi connectivity index (χ2v) is 6.65. The number of nitrogens with one attached hydrogen (secondary N) is 1. The van der Waals surface area contributed by atoms with Crippen molar-refractivity contribution in [2.75, 3.05) is 6.61 Å². The monoisotopic (exact) mass is 299 g/mol. The van der Waals surface area contributed by atoms with Crippen molar-refractivity contribution in [1.29, 1.82) is 0 Å². The third-order valence-electron chi connectivity index (χ3n) is 3.19. The van der Waals surface area contributed by atoms with Crippen LogP contribution in [0.1, 0.15) is 31.4 Å². The molecule has 1 aromatic carbocycles. The van der Waals surface area contributed by atoms with Gasteiger partial charge in [-0.15, -0.1) is 0 Å².